The number of carbonyl (C=O) groups is 2. The maximum Gasteiger partial charge on any atom is 0.473 e. The monoisotopic (exact) mass is 630 g/mol. The molecule has 4 unspecified atom stereocenters. The molecule has 14 nitrogen and oxygen atoms in total. The Kier molecular flexibility index (Phi) is 10.5. The molecule has 0 bridgehead atoms. The van der Waals surface area contributed by atoms with Crippen LogP contribution in [0.15, 0.2) is 63.7 Å². The van der Waals surface area contributed by atoms with Crippen LogP contribution >= 0.6 is 29.4 Å². The second kappa shape index (κ2) is 13.9. The highest BCUT2D eigenvalue weighted by Gasteiger charge is 2.45. The maximum atomic E-state index is 13.0. The minimum Gasteiger partial charge on any atom is -0.464 e. The number of phosphoric acid groups is 1. The van der Waals surface area contributed by atoms with E-state index < -0.39 is 62.2 Å². The van der Waals surface area contributed by atoms with Gasteiger partial charge < -0.3 is 23.8 Å². The van der Waals surface area contributed by atoms with Crippen molar-refractivity contribution in [3.63, 3.8) is 0 Å². The molecule has 3 heterocycles. The molecule has 2 N–H and O–H groups in total. The second-order valence-electron chi connectivity index (χ2n) is 8.73. The SMILES string of the molecule is CC(=O)OC1=C(COP(=O)(O)OC2CSSCC2OCc2ccccc2)O[C@@H](n2ccc(=O)[nH]c2=O)C1OC(C)=O. The van der Waals surface area contributed by atoms with Crippen LogP contribution in [-0.4, -0.2) is 62.8 Å². The Labute approximate surface area is 241 Å². The average Bonchev–Trinajstić information content (AvgIpc) is 3.23. The molecular weight excluding hydrogens is 603 g/mol. The van der Waals surface area contributed by atoms with Crippen molar-refractivity contribution in [2.45, 2.75) is 45.0 Å². The van der Waals surface area contributed by atoms with Crippen molar-refractivity contribution >= 4 is 41.3 Å². The largest absolute Gasteiger partial charge is 0.473 e. The van der Waals surface area contributed by atoms with E-state index in [1.807, 2.05) is 35.3 Å². The van der Waals surface area contributed by atoms with Gasteiger partial charge in [-0.3, -0.25) is 33.0 Å². The van der Waals surface area contributed by atoms with Gasteiger partial charge in [0.2, 0.25) is 12.3 Å². The number of hydrogen-bond acceptors (Lipinski definition) is 13. The van der Waals surface area contributed by atoms with E-state index in [9.17, 15) is 28.6 Å². The molecule has 2 aliphatic heterocycles. The fraction of sp³-hybridized carbons (Fsp3) is 0.417. The second-order valence-corrected chi connectivity index (χ2v) is 12.7. The Hall–Kier alpha value is -2.85. The van der Waals surface area contributed by atoms with E-state index in [2.05, 4.69) is 0 Å². The topological polar surface area (TPSA) is 182 Å². The summed E-state index contributed by atoms with van der Waals surface area (Å²) in [5.74, 6) is -1.44. The lowest BCUT2D eigenvalue weighted by Crippen LogP contribution is -2.37. The van der Waals surface area contributed by atoms with Crippen LogP contribution < -0.4 is 11.2 Å². The number of aromatic amines is 1. The van der Waals surface area contributed by atoms with Crippen molar-refractivity contribution in [1.29, 1.82) is 0 Å². The van der Waals surface area contributed by atoms with Crippen LogP contribution in [0.5, 0.6) is 0 Å². The predicted octanol–water partition coefficient (Wildman–Crippen LogP) is 2.25. The van der Waals surface area contributed by atoms with E-state index in [1.165, 1.54) is 10.8 Å². The first kappa shape index (κ1) is 31.1. The van der Waals surface area contributed by atoms with E-state index in [0.29, 0.717) is 11.5 Å². The Morgan fingerprint density at radius 1 is 1.07 bits per heavy atom. The van der Waals surface area contributed by atoms with Crippen LogP contribution in [0.4, 0.5) is 0 Å². The molecule has 0 amide bonds. The van der Waals surface area contributed by atoms with Gasteiger partial charge in [0.25, 0.3) is 5.56 Å². The third kappa shape index (κ3) is 8.58. The number of esters is 2. The molecule has 4 rings (SSSR count). The number of rotatable bonds is 11. The number of aromatic nitrogens is 2. The number of nitrogens with zero attached hydrogens (tertiary/aromatic N) is 1. The Morgan fingerprint density at radius 3 is 2.44 bits per heavy atom. The van der Waals surface area contributed by atoms with Gasteiger partial charge in [0.1, 0.15) is 12.7 Å². The van der Waals surface area contributed by atoms with Gasteiger partial charge in [-0.1, -0.05) is 51.9 Å². The fourth-order valence-electron chi connectivity index (χ4n) is 3.87. The van der Waals surface area contributed by atoms with E-state index >= 15 is 0 Å². The first-order chi connectivity index (χ1) is 19.5. The van der Waals surface area contributed by atoms with Crippen LogP contribution in [0.25, 0.3) is 0 Å². The molecule has 1 aromatic heterocycles. The first-order valence-electron chi connectivity index (χ1n) is 12.1. The lowest BCUT2D eigenvalue weighted by molar-refractivity contribution is -0.156. The molecule has 0 spiro atoms. The van der Waals surface area contributed by atoms with Crippen molar-refractivity contribution in [2.24, 2.45) is 0 Å². The summed E-state index contributed by atoms with van der Waals surface area (Å²) in [7, 11) is -1.75. The van der Waals surface area contributed by atoms with E-state index in [1.54, 1.807) is 10.8 Å². The van der Waals surface area contributed by atoms with Gasteiger partial charge >= 0.3 is 25.5 Å². The van der Waals surface area contributed by atoms with Crippen LogP contribution in [0.3, 0.4) is 0 Å². The molecule has 1 aromatic carbocycles. The minimum absolute atomic E-state index is 0.280. The molecule has 0 radical (unpaired) electrons. The molecule has 0 saturated carbocycles. The van der Waals surface area contributed by atoms with E-state index in [0.717, 1.165) is 36.2 Å². The number of ether oxygens (including phenoxy) is 4. The Bertz CT molecular complexity index is 1450. The summed E-state index contributed by atoms with van der Waals surface area (Å²) in [5.41, 5.74) is -0.664. The molecular formula is C24H27N2O12PS2. The summed E-state index contributed by atoms with van der Waals surface area (Å²) < 4.78 is 46.6. The lowest BCUT2D eigenvalue weighted by Gasteiger charge is -2.31. The normalized spacial score (nSPS) is 23.9. The summed E-state index contributed by atoms with van der Waals surface area (Å²) in [6.45, 7) is 1.68. The fourth-order valence-corrected chi connectivity index (χ4v) is 7.30. The number of hydrogen-bond donors (Lipinski definition) is 2. The standard InChI is InChI=1S/C24H27N2O12PS2/c1-14(27)35-21-17(37-23(22(21)36-15(2)28)26-9-8-20(29)25-24(26)30)11-34-39(31,32)38-19-13-41-40-12-18(19)33-10-16-6-4-3-5-7-16/h3-9,18-19,22-23H,10-13H2,1-2H3,(H,31,32)(H,25,29,30)/t18?,19?,22?,23-/m1/s1. The molecule has 222 valence electrons. The van der Waals surface area contributed by atoms with Gasteiger partial charge in [0, 0.05) is 37.6 Å². The van der Waals surface area contributed by atoms with Gasteiger partial charge in [-0.25, -0.2) is 9.36 Å². The molecule has 1 saturated heterocycles. The van der Waals surface area contributed by atoms with Gasteiger partial charge in [-0.05, 0) is 5.56 Å². The zero-order valence-electron chi connectivity index (χ0n) is 21.8. The number of benzene rings is 1. The zero-order chi connectivity index (χ0) is 29.6. The minimum atomic E-state index is -4.74. The van der Waals surface area contributed by atoms with Gasteiger partial charge in [0.15, 0.2) is 11.5 Å². The highest BCUT2D eigenvalue weighted by Crippen LogP contribution is 2.49. The van der Waals surface area contributed by atoms with Gasteiger partial charge in [0.05, 0.1) is 12.7 Å². The van der Waals surface area contributed by atoms with Crippen molar-refractivity contribution in [3.05, 3.63) is 80.5 Å². The molecule has 5 atom stereocenters. The van der Waals surface area contributed by atoms with Crippen molar-refractivity contribution in [2.75, 3.05) is 18.1 Å². The molecule has 1 fully saturated rings. The molecule has 0 aliphatic carbocycles. The third-order valence-corrected chi connectivity index (χ3v) is 9.03. The van der Waals surface area contributed by atoms with Gasteiger partial charge in [-0.15, -0.1) is 0 Å². The van der Waals surface area contributed by atoms with Crippen LogP contribution in [-0.2, 0) is 48.8 Å². The highest BCUT2D eigenvalue weighted by molar-refractivity contribution is 8.76. The van der Waals surface area contributed by atoms with E-state index in [-0.39, 0.29) is 18.1 Å². The van der Waals surface area contributed by atoms with E-state index in [4.69, 9.17) is 28.0 Å². The summed E-state index contributed by atoms with van der Waals surface area (Å²) in [6.07, 6.45) is -3.11. The molecule has 2 aliphatic rings. The summed E-state index contributed by atoms with van der Waals surface area (Å²) in [4.78, 5) is 60.2. The van der Waals surface area contributed by atoms with Crippen molar-refractivity contribution in [1.82, 2.24) is 9.55 Å². The highest BCUT2D eigenvalue weighted by atomic mass is 33.1. The zero-order valence-corrected chi connectivity index (χ0v) is 24.4. The predicted molar refractivity (Wildman–Crippen MR) is 146 cm³/mol. The number of nitrogens with one attached hydrogen (secondary N) is 1. The van der Waals surface area contributed by atoms with Crippen molar-refractivity contribution < 1.29 is 47.0 Å². The number of carbonyl (C=O) groups excluding carboxylic acids is 2. The molecule has 17 heteroatoms. The van der Waals surface area contributed by atoms with Crippen molar-refractivity contribution in [3.8, 4) is 0 Å². The van der Waals surface area contributed by atoms with Crippen LogP contribution in [0.1, 0.15) is 25.6 Å². The van der Waals surface area contributed by atoms with Crippen LogP contribution in [0, 0.1) is 0 Å². The average molecular weight is 631 g/mol. The molecule has 2 aromatic rings. The first-order valence-corrected chi connectivity index (χ1v) is 16.1. The lowest BCUT2D eigenvalue weighted by atomic mass is 10.2. The summed E-state index contributed by atoms with van der Waals surface area (Å²) >= 11 is 0. The van der Waals surface area contributed by atoms with Crippen LogP contribution in [0.2, 0.25) is 0 Å². The summed E-state index contributed by atoms with van der Waals surface area (Å²) in [6, 6.07) is 10.5. The summed E-state index contributed by atoms with van der Waals surface area (Å²) in [5, 5.41) is 0. The quantitative estimate of drug-likeness (QED) is 0.209. The Morgan fingerprint density at radius 2 is 1.78 bits per heavy atom. The third-order valence-electron chi connectivity index (χ3n) is 5.62. The number of phosphoric ester groups is 1. The number of H-pyrrole nitrogens is 1. The molecule has 41 heavy (non-hydrogen) atoms. The smallest absolute Gasteiger partial charge is 0.464 e. The maximum absolute atomic E-state index is 13.0. The Balaban J connectivity index is 1.49. The van der Waals surface area contributed by atoms with Gasteiger partial charge in [-0.2, -0.15) is 0 Å².